The van der Waals surface area contributed by atoms with Crippen LogP contribution in [0.4, 0.5) is 0 Å². The summed E-state index contributed by atoms with van der Waals surface area (Å²) in [6.45, 7) is 0.0190. The summed E-state index contributed by atoms with van der Waals surface area (Å²) < 4.78 is 5.07. The van der Waals surface area contributed by atoms with Gasteiger partial charge in [0.1, 0.15) is 5.75 Å². The maximum atomic E-state index is 9.47. The SMILES string of the molecule is COc1cccc(CC(O)CCO)c1. The summed E-state index contributed by atoms with van der Waals surface area (Å²) in [7, 11) is 1.61. The van der Waals surface area contributed by atoms with Gasteiger partial charge >= 0.3 is 0 Å². The quantitative estimate of drug-likeness (QED) is 0.738. The van der Waals surface area contributed by atoms with Crippen LogP contribution in [0.3, 0.4) is 0 Å². The first-order valence-electron chi connectivity index (χ1n) is 4.68. The van der Waals surface area contributed by atoms with Crippen molar-refractivity contribution < 1.29 is 14.9 Å². The van der Waals surface area contributed by atoms with Crippen LogP contribution in [0.2, 0.25) is 0 Å². The smallest absolute Gasteiger partial charge is 0.119 e. The molecule has 14 heavy (non-hydrogen) atoms. The van der Waals surface area contributed by atoms with Crippen LogP contribution in [-0.2, 0) is 6.42 Å². The molecule has 0 heterocycles. The standard InChI is InChI=1S/C11H16O3/c1-14-11-4-2-3-9(8-11)7-10(13)5-6-12/h2-4,8,10,12-13H,5-7H2,1H3. The summed E-state index contributed by atoms with van der Waals surface area (Å²) in [5, 5.41) is 18.1. The number of benzene rings is 1. The normalized spacial score (nSPS) is 12.5. The van der Waals surface area contributed by atoms with E-state index in [9.17, 15) is 5.11 Å². The maximum Gasteiger partial charge on any atom is 0.119 e. The maximum absolute atomic E-state index is 9.47. The fourth-order valence-corrected chi connectivity index (χ4v) is 1.32. The van der Waals surface area contributed by atoms with Gasteiger partial charge in [0, 0.05) is 6.61 Å². The van der Waals surface area contributed by atoms with Crippen molar-refractivity contribution >= 4 is 0 Å². The second-order valence-corrected chi connectivity index (χ2v) is 3.22. The summed E-state index contributed by atoms with van der Waals surface area (Å²) in [5.41, 5.74) is 1.02. The van der Waals surface area contributed by atoms with Crippen LogP contribution in [0, 0.1) is 0 Å². The van der Waals surface area contributed by atoms with E-state index in [4.69, 9.17) is 9.84 Å². The average molecular weight is 196 g/mol. The molecule has 3 heteroatoms. The predicted molar refractivity (Wildman–Crippen MR) is 54.4 cm³/mol. The molecule has 0 aromatic heterocycles. The lowest BCUT2D eigenvalue weighted by Crippen LogP contribution is -2.12. The average Bonchev–Trinajstić information content (AvgIpc) is 2.18. The summed E-state index contributed by atoms with van der Waals surface area (Å²) >= 11 is 0. The molecular formula is C11H16O3. The lowest BCUT2D eigenvalue weighted by Gasteiger charge is -2.09. The second kappa shape index (κ2) is 5.62. The van der Waals surface area contributed by atoms with Gasteiger partial charge in [0.25, 0.3) is 0 Å². The molecule has 1 atom stereocenters. The molecule has 0 saturated carbocycles. The van der Waals surface area contributed by atoms with Crippen molar-refractivity contribution in [1.29, 1.82) is 0 Å². The Bertz CT molecular complexity index is 273. The van der Waals surface area contributed by atoms with Crippen LogP contribution in [0.1, 0.15) is 12.0 Å². The van der Waals surface area contributed by atoms with Gasteiger partial charge in [-0.3, -0.25) is 0 Å². The molecule has 0 fully saturated rings. The van der Waals surface area contributed by atoms with E-state index in [0.717, 1.165) is 11.3 Å². The zero-order valence-electron chi connectivity index (χ0n) is 8.31. The molecule has 1 aromatic carbocycles. The van der Waals surface area contributed by atoms with Crippen molar-refractivity contribution in [3.05, 3.63) is 29.8 Å². The van der Waals surface area contributed by atoms with Crippen LogP contribution < -0.4 is 4.74 Å². The highest BCUT2D eigenvalue weighted by Gasteiger charge is 2.05. The van der Waals surface area contributed by atoms with Crippen molar-refractivity contribution in [3.8, 4) is 5.75 Å². The summed E-state index contributed by atoms with van der Waals surface area (Å²) in [4.78, 5) is 0. The Balaban J connectivity index is 2.57. The number of rotatable bonds is 5. The first-order valence-corrected chi connectivity index (χ1v) is 4.68. The Labute approximate surface area is 84.0 Å². The molecule has 78 valence electrons. The van der Waals surface area contributed by atoms with Crippen LogP contribution in [0.25, 0.3) is 0 Å². The van der Waals surface area contributed by atoms with E-state index in [-0.39, 0.29) is 6.61 Å². The predicted octanol–water partition coefficient (Wildman–Crippen LogP) is 0.981. The van der Waals surface area contributed by atoms with Crippen molar-refractivity contribution in [2.24, 2.45) is 0 Å². The monoisotopic (exact) mass is 196 g/mol. The van der Waals surface area contributed by atoms with Crippen LogP contribution in [0.5, 0.6) is 5.75 Å². The highest BCUT2D eigenvalue weighted by atomic mass is 16.5. The third-order valence-corrected chi connectivity index (χ3v) is 2.07. The van der Waals surface area contributed by atoms with Crippen molar-refractivity contribution in [2.45, 2.75) is 18.9 Å². The molecule has 0 saturated heterocycles. The Morgan fingerprint density at radius 3 is 2.86 bits per heavy atom. The Morgan fingerprint density at radius 1 is 1.43 bits per heavy atom. The van der Waals surface area contributed by atoms with Gasteiger partial charge < -0.3 is 14.9 Å². The number of ether oxygens (including phenoxy) is 1. The zero-order valence-corrected chi connectivity index (χ0v) is 8.31. The fraction of sp³-hybridized carbons (Fsp3) is 0.455. The van der Waals surface area contributed by atoms with Gasteiger partial charge in [0.2, 0.25) is 0 Å². The minimum absolute atomic E-state index is 0.0190. The van der Waals surface area contributed by atoms with Crippen molar-refractivity contribution in [1.82, 2.24) is 0 Å². The van der Waals surface area contributed by atoms with Gasteiger partial charge in [-0.15, -0.1) is 0 Å². The topological polar surface area (TPSA) is 49.7 Å². The van der Waals surface area contributed by atoms with E-state index in [1.807, 2.05) is 24.3 Å². The van der Waals surface area contributed by atoms with Gasteiger partial charge in [-0.1, -0.05) is 12.1 Å². The highest BCUT2D eigenvalue weighted by molar-refractivity contribution is 5.28. The van der Waals surface area contributed by atoms with Gasteiger partial charge in [0.15, 0.2) is 0 Å². The Morgan fingerprint density at radius 2 is 2.21 bits per heavy atom. The lowest BCUT2D eigenvalue weighted by molar-refractivity contribution is 0.133. The first kappa shape index (κ1) is 11.0. The molecule has 0 amide bonds. The van der Waals surface area contributed by atoms with E-state index in [0.29, 0.717) is 12.8 Å². The molecular weight excluding hydrogens is 180 g/mol. The van der Waals surface area contributed by atoms with E-state index in [1.165, 1.54) is 0 Å². The van der Waals surface area contributed by atoms with Crippen molar-refractivity contribution in [2.75, 3.05) is 13.7 Å². The van der Waals surface area contributed by atoms with Gasteiger partial charge in [-0.2, -0.15) is 0 Å². The zero-order chi connectivity index (χ0) is 10.4. The summed E-state index contributed by atoms with van der Waals surface area (Å²) in [5.74, 6) is 0.790. The highest BCUT2D eigenvalue weighted by Crippen LogP contribution is 2.14. The van der Waals surface area contributed by atoms with Crippen LogP contribution >= 0.6 is 0 Å². The summed E-state index contributed by atoms with van der Waals surface area (Å²) in [6.07, 6.45) is 0.488. The number of hydrogen-bond donors (Lipinski definition) is 2. The molecule has 0 spiro atoms. The molecule has 2 N–H and O–H groups in total. The van der Waals surface area contributed by atoms with Crippen LogP contribution in [0.15, 0.2) is 24.3 Å². The van der Waals surface area contributed by atoms with E-state index in [1.54, 1.807) is 7.11 Å². The fourth-order valence-electron chi connectivity index (χ4n) is 1.32. The number of methoxy groups -OCH3 is 1. The molecule has 3 nitrogen and oxygen atoms in total. The minimum atomic E-state index is -0.480. The van der Waals surface area contributed by atoms with Crippen molar-refractivity contribution in [3.63, 3.8) is 0 Å². The molecule has 1 rings (SSSR count). The Hall–Kier alpha value is -1.06. The van der Waals surface area contributed by atoms with Gasteiger partial charge in [0.05, 0.1) is 13.2 Å². The Kier molecular flexibility index (Phi) is 4.43. The molecule has 0 aliphatic heterocycles. The summed E-state index contributed by atoms with van der Waals surface area (Å²) in [6, 6.07) is 7.57. The molecule has 0 aliphatic carbocycles. The van der Waals surface area contributed by atoms with E-state index >= 15 is 0 Å². The number of aliphatic hydroxyl groups is 2. The number of hydrogen-bond acceptors (Lipinski definition) is 3. The molecule has 0 bridgehead atoms. The molecule has 0 aliphatic rings. The van der Waals surface area contributed by atoms with Gasteiger partial charge in [-0.05, 0) is 30.5 Å². The molecule has 1 unspecified atom stereocenters. The van der Waals surface area contributed by atoms with Crippen LogP contribution in [-0.4, -0.2) is 30.0 Å². The van der Waals surface area contributed by atoms with E-state index in [2.05, 4.69) is 0 Å². The third kappa shape index (κ3) is 3.36. The molecule has 0 radical (unpaired) electrons. The van der Waals surface area contributed by atoms with Gasteiger partial charge in [-0.25, -0.2) is 0 Å². The third-order valence-electron chi connectivity index (χ3n) is 2.07. The van der Waals surface area contributed by atoms with E-state index < -0.39 is 6.10 Å². The first-order chi connectivity index (χ1) is 6.76. The molecule has 1 aromatic rings. The second-order valence-electron chi connectivity index (χ2n) is 3.22. The lowest BCUT2D eigenvalue weighted by atomic mass is 10.1. The number of aliphatic hydroxyl groups excluding tert-OH is 2. The largest absolute Gasteiger partial charge is 0.497 e. The minimum Gasteiger partial charge on any atom is -0.497 e.